The summed E-state index contributed by atoms with van der Waals surface area (Å²) in [7, 11) is 0. The van der Waals surface area contributed by atoms with E-state index in [0.29, 0.717) is 11.4 Å². The zero-order valence-corrected chi connectivity index (χ0v) is 12.5. The Morgan fingerprint density at radius 1 is 1.33 bits per heavy atom. The van der Waals surface area contributed by atoms with Crippen molar-refractivity contribution < 1.29 is 4.79 Å². The molecule has 0 saturated heterocycles. The first kappa shape index (κ1) is 12.3. The van der Waals surface area contributed by atoms with Gasteiger partial charge in [0.1, 0.15) is 5.01 Å². The Hall–Kier alpha value is -0.710. The number of Topliss-reactive ketones (excluding diaryl/α,β-unsaturated/α-hetero) is 1. The van der Waals surface area contributed by atoms with E-state index in [1.807, 2.05) is 18.2 Å². The highest BCUT2D eigenvalue weighted by Gasteiger charge is 2.22. The van der Waals surface area contributed by atoms with Gasteiger partial charge in [-0.1, -0.05) is 17.7 Å². The van der Waals surface area contributed by atoms with Crippen LogP contribution in [0.4, 0.5) is 0 Å². The van der Waals surface area contributed by atoms with Gasteiger partial charge >= 0.3 is 0 Å². The topological polar surface area (TPSA) is 30.0 Å². The van der Waals surface area contributed by atoms with E-state index in [0.717, 1.165) is 38.5 Å². The number of carbonyl (C=O) groups is 1. The summed E-state index contributed by atoms with van der Waals surface area (Å²) in [6.07, 6.45) is 2.47. The summed E-state index contributed by atoms with van der Waals surface area (Å²) in [6.45, 7) is 0. The molecular weight excluding hydrogens is 334 g/mol. The average molecular weight is 343 g/mol. The summed E-state index contributed by atoms with van der Waals surface area (Å²) >= 11 is 10.9. The van der Waals surface area contributed by atoms with Gasteiger partial charge in [-0.15, -0.1) is 11.3 Å². The first-order chi connectivity index (χ1) is 8.65. The van der Waals surface area contributed by atoms with Gasteiger partial charge in [-0.2, -0.15) is 0 Å². The fraction of sp³-hybridized carbons (Fsp3) is 0.231. The van der Waals surface area contributed by atoms with Crippen molar-refractivity contribution in [1.82, 2.24) is 4.98 Å². The van der Waals surface area contributed by atoms with Crippen LogP contribution in [0.2, 0.25) is 5.02 Å². The summed E-state index contributed by atoms with van der Waals surface area (Å²) in [5, 5.41) is 1.54. The quantitative estimate of drug-likeness (QED) is 0.749. The average Bonchev–Trinajstić information content (AvgIpc) is 2.78. The van der Waals surface area contributed by atoms with Crippen LogP contribution < -0.4 is 0 Å². The van der Waals surface area contributed by atoms with Gasteiger partial charge in [0.15, 0.2) is 5.78 Å². The number of hydrogen-bond donors (Lipinski definition) is 0. The monoisotopic (exact) mass is 341 g/mol. The molecule has 2 nitrogen and oxygen atoms in total. The second kappa shape index (κ2) is 4.76. The second-order valence-electron chi connectivity index (χ2n) is 4.20. The van der Waals surface area contributed by atoms with Crippen LogP contribution >= 0.6 is 38.9 Å². The minimum Gasteiger partial charge on any atom is -0.293 e. The van der Waals surface area contributed by atoms with Crippen molar-refractivity contribution in [2.75, 3.05) is 0 Å². The Bertz CT molecular complexity index is 638. The summed E-state index contributed by atoms with van der Waals surface area (Å²) in [5.41, 5.74) is 1.92. The molecule has 5 heteroatoms. The van der Waals surface area contributed by atoms with Crippen LogP contribution in [0.1, 0.15) is 28.2 Å². The summed E-state index contributed by atoms with van der Waals surface area (Å²) in [6, 6.07) is 5.74. The highest BCUT2D eigenvalue weighted by molar-refractivity contribution is 9.10. The van der Waals surface area contributed by atoms with Gasteiger partial charge in [0.05, 0.1) is 15.6 Å². The lowest BCUT2D eigenvalue weighted by Crippen LogP contribution is -2.07. The number of nitrogens with zero attached hydrogens (tertiary/aromatic N) is 1. The van der Waals surface area contributed by atoms with Crippen molar-refractivity contribution in [2.24, 2.45) is 0 Å². The van der Waals surface area contributed by atoms with Gasteiger partial charge in [-0.25, -0.2) is 4.98 Å². The SMILES string of the molecule is O=C1CCCc2nc(-c3ccc(Br)c(Cl)c3)sc21. The van der Waals surface area contributed by atoms with Crippen LogP contribution in [0.25, 0.3) is 10.6 Å². The number of carbonyl (C=O) groups excluding carboxylic acids is 1. The maximum atomic E-state index is 11.8. The van der Waals surface area contributed by atoms with Gasteiger partial charge in [0.2, 0.25) is 0 Å². The highest BCUT2D eigenvalue weighted by Crippen LogP contribution is 2.35. The fourth-order valence-electron chi connectivity index (χ4n) is 2.02. The van der Waals surface area contributed by atoms with Crippen molar-refractivity contribution in [1.29, 1.82) is 0 Å². The molecule has 1 aromatic heterocycles. The van der Waals surface area contributed by atoms with E-state index in [1.54, 1.807) is 0 Å². The summed E-state index contributed by atoms with van der Waals surface area (Å²) in [5.74, 6) is 0.225. The normalized spacial score (nSPS) is 14.7. The number of rotatable bonds is 1. The van der Waals surface area contributed by atoms with Crippen molar-refractivity contribution in [3.8, 4) is 10.6 Å². The third-order valence-electron chi connectivity index (χ3n) is 2.93. The molecule has 0 aliphatic heterocycles. The molecule has 18 heavy (non-hydrogen) atoms. The van der Waals surface area contributed by atoms with Gasteiger partial charge in [-0.3, -0.25) is 4.79 Å². The maximum absolute atomic E-state index is 11.8. The molecule has 0 amide bonds. The first-order valence-electron chi connectivity index (χ1n) is 5.63. The van der Waals surface area contributed by atoms with E-state index in [2.05, 4.69) is 20.9 Å². The van der Waals surface area contributed by atoms with Crippen molar-refractivity contribution >= 4 is 44.7 Å². The minimum absolute atomic E-state index is 0.225. The van der Waals surface area contributed by atoms with Crippen molar-refractivity contribution in [3.63, 3.8) is 0 Å². The summed E-state index contributed by atoms with van der Waals surface area (Å²) < 4.78 is 0.866. The van der Waals surface area contributed by atoms with Crippen LogP contribution in [0, 0.1) is 0 Å². The number of aryl methyl sites for hydroxylation is 1. The van der Waals surface area contributed by atoms with Gasteiger partial charge in [-0.05, 0) is 40.9 Å². The smallest absolute Gasteiger partial charge is 0.174 e. The van der Waals surface area contributed by atoms with E-state index < -0.39 is 0 Å². The maximum Gasteiger partial charge on any atom is 0.174 e. The molecule has 3 rings (SSSR count). The Labute approximate surface area is 122 Å². The Balaban J connectivity index is 2.07. The highest BCUT2D eigenvalue weighted by atomic mass is 79.9. The zero-order chi connectivity index (χ0) is 12.7. The molecule has 0 atom stereocenters. The Kier molecular flexibility index (Phi) is 3.26. The molecule has 0 saturated carbocycles. The second-order valence-corrected chi connectivity index (χ2v) is 6.46. The molecule has 0 unspecified atom stereocenters. The molecule has 0 fully saturated rings. The molecule has 0 N–H and O–H groups in total. The number of thiazole rings is 1. The lowest BCUT2D eigenvalue weighted by atomic mass is 10.0. The van der Waals surface area contributed by atoms with E-state index in [9.17, 15) is 4.79 Å². The van der Waals surface area contributed by atoms with Crippen molar-refractivity contribution in [3.05, 3.63) is 38.3 Å². The van der Waals surface area contributed by atoms with Crippen molar-refractivity contribution in [2.45, 2.75) is 19.3 Å². The number of hydrogen-bond acceptors (Lipinski definition) is 3. The number of benzene rings is 1. The first-order valence-corrected chi connectivity index (χ1v) is 7.62. The van der Waals surface area contributed by atoms with Crippen LogP contribution in [-0.4, -0.2) is 10.8 Å². The number of aromatic nitrogens is 1. The number of ketones is 1. The molecular formula is C13H9BrClNOS. The predicted octanol–water partition coefficient (Wildman–Crippen LogP) is 4.75. The van der Waals surface area contributed by atoms with E-state index in [4.69, 9.17) is 11.6 Å². The molecule has 1 aromatic carbocycles. The Morgan fingerprint density at radius 2 is 2.17 bits per heavy atom. The predicted molar refractivity (Wildman–Crippen MR) is 77.5 cm³/mol. The standard InChI is InChI=1S/C13H9BrClNOS/c14-8-5-4-7(6-9(8)15)13-16-10-2-1-3-11(17)12(10)18-13/h4-6H,1-3H2. The zero-order valence-electron chi connectivity index (χ0n) is 9.37. The third-order valence-corrected chi connectivity index (χ3v) is 5.35. The number of fused-ring (bicyclic) bond motifs is 1. The molecule has 1 aliphatic rings. The molecule has 2 aromatic rings. The van der Waals surface area contributed by atoms with Gasteiger partial charge in [0.25, 0.3) is 0 Å². The molecule has 0 spiro atoms. The molecule has 0 bridgehead atoms. The largest absolute Gasteiger partial charge is 0.293 e. The van der Waals surface area contributed by atoms with Crippen LogP contribution in [0.15, 0.2) is 22.7 Å². The molecule has 1 aliphatic carbocycles. The van der Waals surface area contributed by atoms with Crippen LogP contribution in [-0.2, 0) is 6.42 Å². The lowest BCUT2D eigenvalue weighted by Gasteiger charge is -2.06. The van der Waals surface area contributed by atoms with Gasteiger partial charge in [0, 0.05) is 16.5 Å². The van der Waals surface area contributed by atoms with E-state index >= 15 is 0 Å². The molecule has 1 heterocycles. The molecule has 92 valence electrons. The van der Waals surface area contributed by atoms with E-state index in [1.165, 1.54) is 11.3 Å². The minimum atomic E-state index is 0.225. The number of halogens is 2. The lowest BCUT2D eigenvalue weighted by molar-refractivity contribution is 0.0976. The molecule has 0 radical (unpaired) electrons. The third kappa shape index (κ3) is 2.13. The summed E-state index contributed by atoms with van der Waals surface area (Å²) in [4.78, 5) is 17.2. The van der Waals surface area contributed by atoms with E-state index in [-0.39, 0.29) is 5.78 Å². The van der Waals surface area contributed by atoms with Crippen LogP contribution in [0.3, 0.4) is 0 Å². The fourth-order valence-corrected chi connectivity index (χ4v) is 3.52. The van der Waals surface area contributed by atoms with Gasteiger partial charge < -0.3 is 0 Å². The van der Waals surface area contributed by atoms with Crippen LogP contribution in [0.5, 0.6) is 0 Å². The Morgan fingerprint density at radius 3 is 2.89 bits per heavy atom.